The number of β-amino-alcohol motifs (C(OH)–C–C–N with tert-alkyl or cyclic N) is 1. The van der Waals surface area contributed by atoms with Gasteiger partial charge in [0.2, 0.25) is 0 Å². The van der Waals surface area contributed by atoms with Crippen molar-refractivity contribution in [2.75, 3.05) is 39.4 Å². The van der Waals surface area contributed by atoms with Crippen LogP contribution < -0.4 is 5.32 Å². The smallest absolute Gasteiger partial charge is 0.269 e. The Bertz CT molecular complexity index is 565. The molecule has 0 saturated carbocycles. The molecule has 1 aromatic rings. The maximum atomic E-state index is 12.1. The minimum atomic E-state index is -1.30. The number of carbonyl (C=O) groups excluding carboxylic acids is 1. The van der Waals surface area contributed by atoms with E-state index >= 15 is 0 Å². The van der Waals surface area contributed by atoms with Gasteiger partial charge in [-0.15, -0.1) is 0 Å². The van der Waals surface area contributed by atoms with E-state index in [4.69, 9.17) is 4.74 Å². The number of aromatic nitrogens is 1. The lowest BCUT2D eigenvalue weighted by atomic mass is 9.87. The summed E-state index contributed by atoms with van der Waals surface area (Å²) < 4.78 is 5.38. The van der Waals surface area contributed by atoms with Gasteiger partial charge in [0.05, 0.1) is 6.10 Å². The van der Waals surface area contributed by atoms with Gasteiger partial charge in [0, 0.05) is 45.6 Å². The zero-order valence-electron chi connectivity index (χ0n) is 14.4. The van der Waals surface area contributed by atoms with Gasteiger partial charge >= 0.3 is 0 Å². The molecule has 7 heteroatoms. The monoisotopic (exact) mass is 349 g/mol. The van der Waals surface area contributed by atoms with Crippen molar-refractivity contribution in [1.82, 2.24) is 15.2 Å². The Morgan fingerprint density at radius 1 is 1.40 bits per heavy atom. The molecule has 2 atom stereocenters. The summed E-state index contributed by atoms with van der Waals surface area (Å²) in [6.07, 6.45) is 3.20. The number of nitrogens with one attached hydrogen (secondary N) is 1. The first kappa shape index (κ1) is 18.3. The summed E-state index contributed by atoms with van der Waals surface area (Å²) in [4.78, 5) is 18.3. The summed E-state index contributed by atoms with van der Waals surface area (Å²) in [5, 5.41) is 23.8. The van der Waals surface area contributed by atoms with Crippen molar-refractivity contribution in [3.63, 3.8) is 0 Å². The first-order valence-corrected chi connectivity index (χ1v) is 8.96. The quantitative estimate of drug-likeness (QED) is 0.695. The average Bonchev–Trinajstić information content (AvgIpc) is 2.65. The van der Waals surface area contributed by atoms with Crippen molar-refractivity contribution in [1.29, 1.82) is 0 Å². The fourth-order valence-corrected chi connectivity index (χ4v) is 3.51. The number of hydrogen-bond donors (Lipinski definition) is 3. The van der Waals surface area contributed by atoms with E-state index in [-0.39, 0.29) is 12.5 Å². The zero-order valence-corrected chi connectivity index (χ0v) is 14.4. The number of piperidine rings is 1. The summed E-state index contributed by atoms with van der Waals surface area (Å²) >= 11 is 0. The molecule has 1 aromatic heterocycles. The first-order chi connectivity index (χ1) is 12.1. The summed E-state index contributed by atoms with van der Waals surface area (Å²) in [6.45, 7) is 3.71. The molecule has 25 heavy (non-hydrogen) atoms. The second kappa shape index (κ2) is 8.23. The van der Waals surface area contributed by atoms with Crippen LogP contribution in [0.25, 0.3) is 0 Å². The standard InChI is InChI=1S/C18H27N3O4/c22-16-12-21(11-14-4-9-25-10-5-14)8-6-18(16,24)13-20-17(23)15-3-1-2-7-19-15/h1-3,7,14,16,22,24H,4-6,8-13H2,(H,20,23)/t16-,18-/m1/s1. The molecule has 3 heterocycles. The molecule has 0 radical (unpaired) electrons. The molecule has 138 valence electrons. The molecular formula is C18H27N3O4. The number of hydrogen-bond acceptors (Lipinski definition) is 6. The van der Waals surface area contributed by atoms with Crippen LogP contribution >= 0.6 is 0 Å². The van der Waals surface area contributed by atoms with Gasteiger partial charge < -0.3 is 25.2 Å². The van der Waals surface area contributed by atoms with E-state index in [2.05, 4.69) is 15.2 Å². The van der Waals surface area contributed by atoms with Crippen LogP contribution in [0.1, 0.15) is 29.8 Å². The molecule has 3 rings (SSSR count). The van der Waals surface area contributed by atoms with E-state index < -0.39 is 11.7 Å². The highest BCUT2D eigenvalue weighted by Crippen LogP contribution is 2.25. The van der Waals surface area contributed by atoms with Crippen molar-refractivity contribution in [3.05, 3.63) is 30.1 Å². The lowest BCUT2D eigenvalue weighted by molar-refractivity contribution is -0.118. The summed E-state index contributed by atoms with van der Waals surface area (Å²) in [7, 11) is 0. The van der Waals surface area contributed by atoms with Crippen LogP contribution in [0.5, 0.6) is 0 Å². The molecule has 0 unspecified atom stereocenters. The van der Waals surface area contributed by atoms with Crippen molar-refractivity contribution in [2.24, 2.45) is 5.92 Å². The molecule has 7 nitrogen and oxygen atoms in total. The Hall–Kier alpha value is -1.54. The Balaban J connectivity index is 1.48. The number of ether oxygens (including phenoxy) is 1. The van der Waals surface area contributed by atoms with Crippen molar-refractivity contribution in [2.45, 2.75) is 31.0 Å². The third-order valence-electron chi connectivity index (χ3n) is 5.22. The fourth-order valence-electron chi connectivity index (χ4n) is 3.51. The molecule has 2 aliphatic rings. The van der Waals surface area contributed by atoms with E-state index in [0.29, 0.717) is 31.1 Å². The van der Waals surface area contributed by atoms with Gasteiger partial charge in [-0.1, -0.05) is 6.07 Å². The van der Waals surface area contributed by atoms with Crippen molar-refractivity contribution < 1.29 is 19.7 Å². The highest BCUT2D eigenvalue weighted by atomic mass is 16.5. The van der Waals surface area contributed by atoms with Crippen LogP contribution in [0.15, 0.2) is 24.4 Å². The largest absolute Gasteiger partial charge is 0.389 e. The van der Waals surface area contributed by atoms with Gasteiger partial charge in [-0.25, -0.2) is 0 Å². The molecular weight excluding hydrogens is 322 g/mol. The van der Waals surface area contributed by atoms with Gasteiger partial charge in [-0.2, -0.15) is 0 Å². The maximum Gasteiger partial charge on any atom is 0.269 e. The number of nitrogens with zero attached hydrogens (tertiary/aromatic N) is 2. The van der Waals surface area contributed by atoms with Crippen LogP contribution in [0, 0.1) is 5.92 Å². The normalized spacial score (nSPS) is 28.6. The minimum absolute atomic E-state index is 0.0225. The van der Waals surface area contributed by atoms with Gasteiger partial charge in [-0.3, -0.25) is 9.78 Å². The number of aliphatic hydroxyl groups excluding tert-OH is 1. The van der Waals surface area contributed by atoms with Gasteiger partial charge in [0.1, 0.15) is 11.3 Å². The van der Waals surface area contributed by atoms with E-state index in [9.17, 15) is 15.0 Å². The number of carbonyl (C=O) groups is 1. The third-order valence-corrected chi connectivity index (χ3v) is 5.22. The summed E-state index contributed by atoms with van der Waals surface area (Å²) in [6, 6.07) is 5.09. The molecule has 0 bridgehead atoms. The highest BCUT2D eigenvalue weighted by molar-refractivity contribution is 5.92. The highest BCUT2D eigenvalue weighted by Gasteiger charge is 2.41. The number of pyridine rings is 1. The Morgan fingerprint density at radius 3 is 2.88 bits per heavy atom. The van der Waals surface area contributed by atoms with E-state index in [0.717, 1.165) is 32.6 Å². The topological polar surface area (TPSA) is 94.9 Å². The van der Waals surface area contributed by atoms with Crippen LogP contribution in [-0.4, -0.2) is 77.1 Å². The zero-order chi connectivity index (χ0) is 17.7. The lowest BCUT2D eigenvalue weighted by Gasteiger charge is -2.43. The van der Waals surface area contributed by atoms with Gasteiger partial charge in [-0.05, 0) is 37.3 Å². The number of amides is 1. The van der Waals surface area contributed by atoms with Crippen LogP contribution in [0.4, 0.5) is 0 Å². The second-order valence-corrected chi connectivity index (χ2v) is 7.08. The molecule has 2 aliphatic heterocycles. The molecule has 2 fully saturated rings. The van der Waals surface area contributed by atoms with Crippen LogP contribution in [-0.2, 0) is 4.74 Å². The van der Waals surface area contributed by atoms with Crippen LogP contribution in [0.2, 0.25) is 0 Å². The van der Waals surface area contributed by atoms with E-state index in [1.54, 1.807) is 24.4 Å². The number of rotatable bonds is 5. The Labute approximate surface area is 148 Å². The van der Waals surface area contributed by atoms with E-state index in [1.807, 2.05) is 0 Å². The van der Waals surface area contributed by atoms with Gasteiger partial charge in [0.15, 0.2) is 0 Å². The fraction of sp³-hybridized carbons (Fsp3) is 0.667. The Kier molecular flexibility index (Phi) is 6.01. The summed E-state index contributed by atoms with van der Waals surface area (Å²) in [5.41, 5.74) is -0.992. The number of likely N-dealkylation sites (tertiary alicyclic amines) is 1. The average molecular weight is 349 g/mol. The van der Waals surface area contributed by atoms with Gasteiger partial charge in [0.25, 0.3) is 5.91 Å². The minimum Gasteiger partial charge on any atom is -0.389 e. The Morgan fingerprint density at radius 2 is 2.20 bits per heavy atom. The SMILES string of the molecule is O=C(NC[C@]1(O)CCN(CC2CCOCC2)C[C@H]1O)c1ccccn1. The number of aliphatic hydroxyl groups is 2. The molecule has 3 N–H and O–H groups in total. The van der Waals surface area contributed by atoms with Crippen molar-refractivity contribution in [3.8, 4) is 0 Å². The van der Waals surface area contributed by atoms with Crippen LogP contribution in [0.3, 0.4) is 0 Å². The second-order valence-electron chi connectivity index (χ2n) is 7.08. The third kappa shape index (κ3) is 4.76. The van der Waals surface area contributed by atoms with Crippen molar-refractivity contribution >= 4 is 5.91 Å². The molecule has 1 amide bonds. The molecule has 0 spiro atoms. The lowest BCUT2D eigenvalue weighted by Crippen LogP contribution is -2.60. The molecule has 2 saturated heterocycles. The first-order valence-electron chi connectivity index (χ1n) is 8.96. The molecule has 0 aliphatic carbocycles. The van der Waals surface area contributed by atoms with E-state index in [1.165, 1.54) is 0 Å². The maximum absolute atomic E-state index is 12.1. The molecule has 0 aromatic carbocycles. The predicted molar refractivity (Wildman–Crippen MR) is 92.1 cm³/mol. The summed E-state index contributed by atoms with van der Waals surface area (Å²) in [5.74, 6) is 0.252. The predicted octanol–water partition coefficient (Wildman–Crippen LogP) is 0.0357.